The second-order valence-electron chi connectivity index (χ2n) is 5.30. The SMILES string of the molecule is CCOc1cc(CN2CC[C@@H](O)C2)ccc1OCC(F)(F)F. The molecule has 2 rings (SSSR count). The van der Waals surface area contributed by atoms with Crippen LogP contribution in [0.25, 0.3) is 0 Å². The molecule has 1 atom stereocenters. The summed E-state index contributed by atoms with van der Waals surface area (Å²) in [6, 6.07) is 4.91. The number of aliphatic hydroxyl groups excluding tert-OH is 1. The summed E-state index contributed by atoms with van der Waals surface area (Å²) in [6.07, 6.45) is -3.94. The third kappa shape index (κ3) is 5.06. The van der Waals surface area contributed by atoms with E-state index in [0.717, 1.165) is 18.5 Å². The average molecular weight is 319 g/mol. The molecule has 1 heterocycles. The number of halogens is 3. The third-order valence-corrected chi connectivity index (χ3v) is 3.35. The maximum atomic E-state index is 12.2. The summed E-state index contributed by atoms with van der Waals surface area (Å²) in [6.45, 7) is 2.79. The molecule has 0 amide bonds. The number of β-amino-alcohol motifs (C(OH)–C–C–N with tert-alkyl or cyclic N) is 1. The monoisotopic (exact) mass is 319 g/mol. The Kier molecular flexibility index (Phi) is 5.52. The van der Waals surface area contributed by atoms with Gasteiger partial charge in [0.25, 0.3) is 0 Å². The number of ether oxygens (including phenoxy) is 2. The van der Waals surface area contributed by atoms with Crippen molar-refractivity contribution in [2.45, 2.75) is 32.2 Å². The molecule has 1 aromatic carbocycles. The van der Waals surface area contributed by atoms with Crippen LogP contribution in [0.4, 0.5) is 13.2 Å². The van der Waals surface area contributed by atoms with Gasteiger partial charge < -0.3 is 14.6 Å². The van der Waals surface area contributed by atoms with Crippen LogP contribution in [-0.2, 0) is 6.54 Å². The van der Waals surface area contributed by atoms with Crippen molar-refractivity contribution < 1.29 is 27.8 Å². The molecule has 0 radical (unpaired) electrons. The fourth-order valence-corrected chi connectivity index (χ4v) is 2.41. The lowest BCUT2D eigenvalue weighted by Gasteiger charge is -2.18. The van der Waals surface area contributed by atoms with Gasteiger partial charge in [-0.1, -0.05) is 6.07 Å². The van der Waals surface area contributed by atoms with Crippen LogP contribution >= 0.6 is 0 Å². The standard InChI is InChI=1S/C15H20F3NO3/c1-2-21-14-7-11(8-19-6-5-12(20)9-19)3-4-13(14)22-10-15(16,17)18/h3-4,7,12,20H,2,5-6,8-10H2,1H3/t12-/m1/s1. The Morgan fingerprint density at radius 3 is 2.64 bits per heavy atom. The molecular formula is C15H20F3NO3. The average Bonchev–Trinajstić information content (AvgIpc) is 2.82. The van der Waals surface area contributed by atoms with Crippen LogP contribution in [0.2, 0.25) is 0 Å². The number of likely N-dealkylation sites (tertiary alicyclic amines) is 1. The van der Waals surface area contributed by atoms with E-state index in [1.54, 1.807) is 19.1 Å². The molecule has 1 aliphatic rings. The van der Waals surface area contributed by atoms with E-state index in [4.69, 9.17) is 9.47 Å². The van der Waals surface area contributed by atoms with Gasteiger partial charge >= 0.3 is 6.18 Å². The van der Waals surface area contributed by atoms with E-state index in [1.807, 2.05) is 0 Å². The molecule has 1 aliphatic heterocycles. The molecule has 124 valence electrons. The second kappa shape index (κ2) is 7.19. The minimum atomic E-state index is -4.38. The zero-order chi connectivity index (χ0) is 16.2. The molecule has 4 nitrogen and oxygen atoms in total. The lowest BCUT2D eigenvalue weighted by molar-refractivity contribution is -0.153. The second-order valence-corrected chi connectivity index (χ2v) is 5.30. The predicted molar refractivity (Wildman–Crippen MR) is 75.1 cm³/mol. The normalized spacial score (nSPS) is 19.4. The zero-order valence-corrected chi connectivity index (χ0v) is 12.4. The fraction of sp³-hybridized carbons (Fsp3) is 0.600. The van der Waals surface area contributed by atoms with Gasteiger partial charge in [-0.25, -0.2) is 0 Å². The summed E-state index contributed by atoms with van der Waals surface area (Å²) in [5, 5.41) is 9.51. The highest BCUT2D eigenvalue weighted by molar-refractivity contribution is 5.43. The van der Waals surface area contributed by atoms with Crippen molar-refractivity contribution in [2.24, 2.45) is 0 Å². The molecule has 0 spiro atoms. The molecule has 0 saturated carbocycles. The molecule has 1 aromatic rings. The number of benzene rings is 1. The van der Waals surface area contributed by atoms with Gasteiger partial charge in [-0.05, 0) is 31.0 Å². The molecule has 0 bridgehead atoms. The van der Waals surface area contributed by atoms with Crippen molar-refractivity contribution in [3.05, 3.63) is 23.8 Å². The Morgan fingerprint density at radius 2 is 2.05 bits per heavy atom. The van der Waals surface area contributed by atoms with E-state index in [-0.39, 0.29) is 11.9 Å². The molecule has 0 aliphatic carbocycles. The number of aliphatic hydroxyl groups is 1. The van der Waals surface area contributed by atoms with Crippen LogP contribution in [0, 0.1) is 0 Å². The van der Waals surface area contributed by atoms with E-state index in [2.05, 4.69) is 4.90 Å². The van der Waals surface area contributed by atoms with Crippen LogP contribution in [0.3, 0.4) is 0 Å². The maximum absolute atomic E-state index is 12.2. The minimum absolute atomic E-state index is 0.0874. The van der Waals surface area contributed by atoms with E-state index in [0.29, 0.717) is 25.4 Å². The first-order valence-electron chi connectivity index (χ1n) is 7.23. The lowest BCUT2D eigenvalue weighted by Crippen LogP contribution is -2.21. The highest BCUT2D eigenvalue weighted by Crippen LogP contribution is 2.31. The van der Waals surface area contributed by atoms with Crippen molar-refractivity contribution in [1.82, 2.24) is 4.90 Å². The van der Waals surface area contributed by atoms with Gasteiger partial charge in [-0.3, -0.25) is 4.90 Å². The summed E-state index contributed by atoms with van der Waals surface area (Å²) in [4.78, 5) is 2.09. The first-order valence-corrected chi connectivity index (χ1v) is 7.23. The number of hydrogen-bond acceptors (Lipinski definition) is 4. The summed E-state index contributed by atoms with van der Waals surface area (Å²) >= 11 is 0. The van der Waals surface area contributed by atoms with Gasteiger partial charge in [0.15, 0.2) is 18.1 Å². The predicted octanol–water partition coefficient (Wildman–Crippen LogP) is 2.59. The summed E-state index contributed by atoms with van der Waals surface area (Å²) < 4.78 is 46.9. The highest BCUT2D eigenvalue weighted by atomic mass is 19.4. The molecule has 0 unspecified atom stereocenters. The molecule has 1 saturated heterocycles. The van der Waals surface area contributed by atoms with E-state index in [1.165, 1.54) is 6.07 Å². The van der Waals surface area contributed by atoms with Crippen molar-refractivity contribution in [3.63, 3.8) is 0 Å². The van der Waals surface area contributed by atoms with Gasteiger partial charge in [-0.2, -0.15) is 13.2 Å². The van der Waals surface area contributed by atoms with E-state index >= 15 is 0 Å². The Balaban J connectivity index is 2.05. The maximum Gasteiger partial charge on any atom is 0.422 e. The van der Waals surface area contributed by atoms with Crippen molar-refractivity contribution in [3.8, 4) is 11.5 Å². The number of nitrogens with zero attached hydrogens (tertiary/aromatic N) is 1. The van der Waals surface area contributed by atoms with Gasteiger partial charge in [0.05, 0.1) is 12.7 Å². The van der Waals surface area contributed by atoms with Gasteiger partial charge in [0, 0.05) is 19.6 Å². The summed E-state index contributed by atoms with van der Waals surface area (Å²) in [5.74, 6) is 0.397. The van der Waals surface area contributed by atoms with Crippen LogP contribution in [0.1, 0.15) is 18.9 Å². The van der Waals surface area contributed by atoms with Crippen molar-refractivity contribution in [1.29, 1.82) is 0 Å². The van der Waals surface area contributed by atoms with Gasteiger partial charge in [0.2, 0.25) is 0 Å². The molecular weight excluding hydrogens is 299 g/mol. The quantitative estimate of drug-likeness (QED) is 0.875. The van der Waals surface area contributed by atoms with Crippen molar-refractivity contribution in [2.75, 3.05) is 26.3 Å². The molecule has 1 N–H and O–H groups in total. The molecule has 1 fully saturated rings. The topological polar surface area (TPSA) is 41.9 Å². The van der Waals surface area contributed by atoms with Gasteiger partial charge in [-0.15, -0.1) is 0 Å². The molecule has 7 heteroatoms. The lowest BCUT2D eigenvalue weighted by atomic mass is 10.2. The van der Waals surface area contributed by atoms with Crippen LogP contribution in [0.15, 0.2) is 18.2 Å². The van der Waals surface area contributed by atoms with Crippen LogP contribution in [-0.4, -0.2) is 48.6 Å². The Labute approximate surface area is 127 Å². The first-order chi connectivity index (χ1) is 10.4. The highest BCUT2D eigenvalue weighted by Gasteiger charge is 2.29. The summed E-state index contributed by atoms with van der Waals surface area (Å²) in [5.41, 5.74) is 0.914. The van der Waals surface area contributed by atoms with Gasteiger partial charge in [0.1, 0.15) is 0 Å². The number of alkyl halides is 3. The zero-order valence-electron chi connectivity index (χ0n) is 12.4. The fourth-order valence-electron chi connectivity index (χ4n) is 2.41. The van der Waals surface area contributed by atoms with E-state index in [9.17, 15) is 18.3 Å². The first kappa shape index (κ1) is 16.9. The summed E-state index contributed by atoms with van der Waals surface area (Å²) in [7, 11) is 0. The minimum Gasteiger partial charge on any atom is -0.490 e. The Hall–Kier alpha value is -1.47. The van der Waals surface area contributed by atoms with Crippen molar-refractivity contribution >= 4 is 0 Å². The molecule has 22 heavy (non-hydrogen) atoms. The van der Waals surface area contributed by atoms with Crippen LogP contribution < -0.4 is 9.47 Å². The number of hydrogen-bond donors (Lipinski definition) is 1. The third-order valence-electron chi connectivity index (χ3n) is 3.35. The smallest absolute Gasteiger partial charge is 0.422 e. The molecule has 0 aromatic heterocycles. The number of rotatable bonds is 6. The Bertz CT molecular complexity index is 493. The largest absolute Gasteiger partial charge is 0.490 e. The van der Waals surface area contributed by atoms with Crippen LogP contribution in [0.5, 0.6) is 11.5 Å². The Morgan fingerprint density at radius 1 is 1.27 bits per heavy atom. The van der Waals surface area contributed by atoms with E-state index < -0.39 is 12.8 Å².